The Morgan fingerprint density at radius 1 is 1.32 bits per heavy atom. The van der Waals surface area contributed by atoms with Gasteiger partial charge in [-0.15, -0.1) is 0 Å². The summed E-state index contributed by atoms with van der Waals surface area (Å²) in [6.07, 6.45) is -3.89. The van der Waals surface area contributed by atoms with Crippen LogP contribution in [0.4, 0.5) is 10.2 Å². The monoisotopic (exact) mass is 581 g/mol. The first-order valence-corrected chi connectivity index (χ1v) is 13.6. The van der Waals surface area contributed by atoms with Crippen LogP contribution < -0.4 is 10.5 Å². The molecule has 3 aromatic rings. The number of hydrogen-bond donors (Lipinski definition) is 4. The predicted octanol–water partition coefficient (Wildman–Crippen LogP) is 1.43. The van der Waals surface area contributed by atoms with Crippen molar-refractivity contribution in [1.82, 2.24) is 14.6 Å². The number of rotatable bonds is 12. The SMILES string of the molecule is CC[C@H](COP(=O)(O)OC[C@H]1O[C@@](C#N)(c2ccc3c(N)ncnn23)[C@@H](O)C1O)OCc1ccc(OC)c(F)c1. The molecule has 0 bridgehead atoms. The number of aromatic nitrogens is 3. The van der Waals surface area contributed by atoms with E-state index in [2.05, 4.69) is 10.1 Å². The molecule has 0 spiro atoms. The molecule has 0 saturated carbocycles. The van der Waals surface area contributed by atoms with E-state index < -0.39 is 50.3 Å². The van der Waals surface area contributed by atoms with E-state index in [1.807, 2.05) is 6.07 Å². The Labute approximate surface area is 228 Å². The average molecular weight is 581 g/mol. The van der Waals surface area contributed by atoms with Gasteiger partial charge in [0.25, 0.3) is 0 Å². The van der Waals surface area contributed by atoms with Gasteiger partial charge in [0.2, 0.25) is 5.60 Å². The first-order valence-electron chi connectivity index (χ1n) is 12.1. The lowest BCUT2D eigenvalue weighted by Crippen LogP contribution is -2.41. The fraction of sp³-hybridized carbons (Fsp3) is 0.458. The molecule has 0 radical (unpaired) electrons. The number of ether oxygens (including phenoxy) is 3. The van der Waals surface area contributed by atoms with Crippen LogP contribution in [-0.2, 0) is 35.3 Å². The number of nitriles is 1. The molecule has 1 aliphatic rings. The lowest BCUT2D eigenvalue weighted by atomic mass is 9.92. The number of hydrogen-bond acceptors (Lipinski definition) is 12. The Morgan fingerprint density at radius 2 is 2.10 bits per heavy atom. The normalized spacial score (nSPS) is 25.0. The molecular formula is C24H29FN5O9P. The van der Waals surface area contributed by atoms with Crippen LogP contribution in [0.25, 0.3) is 5.52 Å². The molecule has 1 aromatic carbocycles. The zero-order valence-corrected chi connectivity index (χ0v) is 22.5. The summed E-state index contributed by atoms with van der Waals surface area (Å²) in [4.78, 5) is 14.0. The number of halogens is 1. The van der Waals surface area contributed by atoms with Crippen molar-refractivity contribution in [2.45, 2.75) is 50.0 Å². The van der Waals surface area contributed by atoms with E-state index in [0.717, 1.165) is 6.33 Å². The maximum atomic E-state index is 13.9. The van der Waals surface area contributed by atoms with Gasteiger partial charge in [-0.25, -0.2) is 18.5 Å². The first-order chi connectivity index (χ1) is 19.0. The number of fused-ring (bicyclic) bond motifs is 1. The topological polar surface area (TPSA) is 204 Å². The van der Waals surface area contributed by atoms with E-state index in [0.29, 0.717) is 17.5 Å². The zero-order valence-electron chi connectivity index (χ0n) is 21.6. The third-order valence-corrected chi connectivity index (χ3v) is 7.42. The van der Waals surface area contributed by atoms with Gasteiger partial charge >= 0.3 is 7.82 Å². The standard InChI is InChI=1S/C24H29FN5O9P/c1-3-15(36-9-14-4-6-18(35-2)16(25)8-14)10-37-40(33,34)38-11-19-21(31)22(32)24(12-26,39-19)20-7-5-17-23(27)28-13-29-30(17)20/h4-8,13,15,19,21-22,31-32H,3,9-11H2,1-2H3,(H,33,34)(H2,27,28,29)/t15-,19-,21?,22+,24+/m1/s1. The van der Waals surface area contributed by atoms with Gasteiger partial charge in [-0.1, -0.05) is 13.0 Å². The molecule has 5 N–H and O–H groups in total. The summed E-state index contributed by atoms with van der Waals surface area (Å²) in [6, 6.07) is 9.16. The van der Waals surface area contributed by atoms with Crippen molar-refractivity contribution in [2.24, 2.45) is 0 Å². The quantitative estimate of drug-likeness (QED) is 0.224. The second-order valence-corrected chi connectivity index (χ2v) is 10.4. The van der Waals surface area contributed by atoms with Crippen LogP contribution in [0.1, 0.15) is 24.6 Å². The van der Waals surface area contributed by atoms with E-state index in [1.54, 1.807) is 13.0 Å². The molecule has 40 heavy (non-hydrogen) atoms. The Hall–Kier alpha value is -3.19. The van der Waals surface area contributed by atoms with Crippen LogP contribution in [0.2, 0.25) is 0 Å². The van der Waals surface area contributed by atoms with Crippen LogP contribution in [-0.4, -0.2) is 74.4 Å². The smallest absolute Gasteiger partial charge is 0.472 e. The highest BCUT2D eigenvalue weighted by atomic mass is 31.2. The molecule has 2 unspecified atom stereocenters. The molecule has 14 nitrogen and oxygen atoms in total. The summed E-state index contributed by atoms with van der Waals surface area (Å²) in [5.41, 5.74) is 4.67. The summed E-state index contributed by atoms with van der Waals surface area (Å²) >= 11 is 0. The lowest BCUT2D eigenvalue weighted by molar-refractivity contribution is -0.0657. The van der Waals surface area contributed by atoms with Crippen molar-refractivity contribution in [3.63, 3.8) is 0 Å². The van der Waals surface area contributed by atoms with Gasteiger partial charge in [-0.3, -0.25) is 9.05 Å². The second-order valence-electron chi connectivity index (χ2n) is 8.97. The molecule has 216 valence electrons. The van der Waals surface area contributed by atoms with Crippen molar-refractivity contribution >= 4 is 19.2 Å². The highest BCUT2D eigenvalue weighted by molar-refractivity contribution is 7.47. The molecule has 1 fully saturated rings. The molecular weight excluding hydrogens is 552 g/mol. The third kappa shape index (κ3) is 5.95. The fourth-order valence-electron chi connectivity index (χ4n) is 4.23. The van der Waals surface area contributed by atoms with Gasteiger partial charge in [0.1, 0.15) is 36.2 Å². The van der Waals surface area contributed by atoms with Crippen molar-refractivity contribution in [3.8, 4) is 11.8 Å². The number of anilines is 1. The van der Waals surface area contributed by atoms with Crippen LogP contribution >= 0.6 is 7.82 Å². The Bertz CT molecular complexity index is 1440. The Kier molecular flexibility index (Phi) is 9.03. The lowest BCUT2D eigenvalue weighted by Gasteiger charge is -2.24. The van der Waals surface area contributed by atoms with Crippen molar-refractivity contribution < 1.29 is 47.3 Å². The molecule has 0 aliphatic carbocycles. The minimum atomic E-state index is -4.68. The largest absolute Gasteiger partial charge is 0.494 e. The van der Waals surface area contributed by atoms with Crippen molar-refractivity contribution in [2.75, 3.05) is 26.1 Å². The molecule has 4 rings (SSSR count). The van der Waals surface area contributed by atoms with Crippen LogP contribution in [0.5, 0.6) is 5.75 Å². The predicted molar refractivity (Wildman–Crippen MR) is 135 cm³/mol. The van der Waals surface area contributed by atoms with E-state index in [1.165, 1.54) is 35.9 Å². The highest BCUT2D eigenvalue weighted by Gasteiger charge is 2.58. The van der Waals surface area contributed by atoms with Crippen LogP contribution in [0, 0.1) is 17.1 Å². The zero-order chi connectivity index (χ0) is 29.1. The average Bonchev–Trinajstić information content (AvgIpc) is 3.48. The van der Waals surface area contributed by atoms with Gasteiger partial charge in [-0.2, -0.15) is 10.4 Å². The molecule has 16 heteroatoms. The van der Waals surface area contributed by atoms with Gasteiger partial charge < -0.3 is 35.1 Å². The van der Waals surface area contributed by atoms with Crippen LogP contribution in [0.3, 0.4) is 0 Å². The summed E-state index contributed by atoms with van der Waals surface area (Å²) < 4.78 is 54.0. The Balaban J connectivity index is 1.35. The minimum absolute atomic E-state index is 0.0145. The maximum absolute atomic E-state index is 13.9. The second kappa shape index (κ2) is 12.1. The molecule has 2 aromatic heterocycles. The summed E-state index contributed by atoms with van der Waals surface area (Å²) in [5.74, 6) is -0.342. The van der Waals surface area contributed by atoms with Crippen molar-refractivity contribution in [1.29, 1.82) is 5.26 Å². The number of nitrogens with zero attached hydrogens (tertiary/aromatic N) is 4. The van der Waals surface area contributed by atoms with E-state index in [-0.39, 0.29) is 30.5 Å². The number of nitrogens with two attached hydrogens (primary N) is 1. The van der Waals surface area contributed by atoms with Gasteiger partial charge in [-0.05, 0) is 36.2 Å². The number of phosphoric acid groups is 1. The van der Waals surface area contributed by atoms with E-state index in [4.69, 9.17) is 29.0 Å². The summed E-state index contributed by atoms with van der Waals surface area (Å²) in [6.45, 7) is 0.749. The molecule has 1 saturated heterocycles. The van der Waals surface area contributed by atoms with Gasteiger partial charge in [0.15, 0.2) is 17.4 Å². The third-order valence-electron chi connectivity index (χ3n) is 6.47. The summed E-state index contributed by atoms with van der Waals surface area (Å²) in [7, 11) is -3.33. The molecule has 6 atom stereocenters. The molecule has 0 amide bonds. The number of methoxy groups -OCH3 is 1. The molecule has 1 aliphatic heterocycles. The number of aliphatic hydroxyl groups is 2. The number of aliphatic hydroxyl groups excluding tert-OH is 2. The van der Waals surface area contributed by atoms with Crippen LogP contribution in [0.15, 0.2) is 36.7 Å². The van der Waals surface area contributed by atoms with E-state index in [9.17, 15) is 29.3 Å². The maximum Gasteiger partial charge on any atom is 0.472 e. The molecule has 3 heterocycles. The minimum Gasteiger partial charge on any atom is -0.494 e. The van der Waals surface area contributed by atoms with Gasteiger partial charge in [0.05, 0.1) is 38.7 Å². The Morgan fingerprint density at radius 3 is 2.77 bits per heavy atom. The first kappa shape index (κ1) is 29.8. The van der Waals surface area contributed by atoms with Gasteiger partial charge in [0, 0.05) is 0 Å². The highest BCUT2D eigenvalue weighted by Crippen LogP contribution is 2.46. The summed E-state index contributed by atoms with van der Waals surface area (Å²) in [5, 5.41) is 35.3. The van der Waals surface area contributed by atoms with E-state index >= 15 is 0 Å². The number of benzene rings is 1. The van der Waals surface area contributed by atoms with Crippen molar-refractivity contribution in [3.05, 3.63) is 53.7 Å². The fourth-order valence-corrected chi connectivity index (χ4v) is 4.99. The number of nitrogen functional groups attached to an aromatic ring is 1. The number of phosphoric ester groups is 1.